The Kier molecular flexibility index (Phi) is 6.65. The number of hydrogen-bond acceptors (Lipinski definition) is 5. The molecule has 1 aromatic heterocycles. The van der Waals surface area contributed by atoms with Crippen LogP contribution in [0.5, 0.6) is 5.75 Å². The highest BCUT2D eigenvalue weighted by molar-refractivity contribution is 6.31. The maximum absolute atomic E-state index is 12.5. The molecular formula is C18H20ClNO6. The second kappa shape index (κ2) is 8.73. The number of nitrogens with one attached hydrogen (secondary N) is 1. The second-order valence-corrected chi connectivity index (χ2v) is 6.02. The number of carbonyl (C=O) groups is 2. The summed E-state index contributed by atoms with van der Waals surface area (Å²) in [5, 5.41) is 12.2. The topological polar surface area (TPSA) is 98.0 Å². The van der Waals surface area contributed by atoms with E-state index in [1.54, 1.807) is 26.2 Å². The fourth-order valence-electron chi connectivity index (χ4n) is 2.36. The summed E-state index contributed by atoms with van der Waals surface area (Å²) in [6.07, 6.45) is 0.111. The van der Waals surface area contributed by atoms with Gasteiger partial charge in [0.05, 0.1) is 12.3 Å². The maximum Gasteiger partial charge on any atom is 0.339 e. The average molecular weight is 382 g/mol. The van der Waals surface area contributed by atoms with Crippen LogP contribution in [0.2, 0.25) is 5.02 Å². The number of rotatable bonds is 8. The third kappa shape index (κ3) is 4.77. The first-order chi connectivity index (χ1) is 12.3. The summed E-state index contributed by atoms with van der Waals surface area (Å²) in [5.41, 5.74) is 0.311. The highest BCUT2D eigenvalue weighted by Crippen LogP contribution is 2.30. The first-order valence-electron chi connectivity index (χ1n) is 7.98. The predicted molar refractivity (Wildman–Crippen MR) is 96.4 cm³/mol. The Morgan fingerprint density at radius 2 is 2.08 bits per heavy atom. The van der Waals surface area contributed by atoms with E-state index in [4.69, 9.17) is 25.5 Å². The largest absolute Gasteiger partial charge is 0.486 e. The summed E-state index contributed by atoms with van der Waals surface area (Å²) in [6.45, 7) is 3.94. The SMILES string of the molecule is CCc1oc(C(=O)Nc2cc(Cl)ccc2OC(C)COC)cc1C(=O)O. The number of amides is 1. The van der Waals surface area contributed by atoms with Gasteiger partial charge in [0.15, 0.2) is 5.76 Å². The number of carbonyl (C=O) groups excluding carboxylic acids is 1. The molecule has 0 aliphatic carbocycles. The number of halogens is 1. The third-order valence-corrected chi connectivity index (χ3v) is 3.74. The number of hydrogen-bond donors (Lipinski definition) is 2. The zero-order valence-corrected chi connectivity index (χ0v) is 15.4. The zero-order valence-electron chi connectivity index (χ0n) is 14.7. The smallest absolute Gasteiger partial charge is 0.339 e. The van der Waals surface area contributed by atoms with Gasteiger partial charge in [-0.3, -0.25) is 4.79 Å². The van der Waals surface area contributed by atoms with Crippen molar-refractivity contribution < 1.29 is 28.6 Å². The molecule has 0 bridgehead atoms. The van der Waals surface area contributed by atoms with Gasteiger partial charge < -0.3 is 24.3 Å². The van der Waals surface area contributed by atoms with Crippen molar-refractivity contribution in [2.45, 2.75) is 26.4 Å². The molecular weight excluding hydrogens is 362 g/mol. The summed E-state index contributed by atoms with van der Waals surface area (Å²) in [6, 6.07) is 6.01. The van der Waals surface area contributed by atoms with Crippen LogP contribution in [0.1, 0.15) is 40.5 Å². The van der Waals surface area contributed by atoms with Crippen LogP contribution >= 0.6 is 11.6 Å². The number of aryl methyl sites for hydroxylation is 1. The summed E-state index contributed by atoms with van der Waals surface area (Å²) in [7, 11) is 1.56. The molecule has 140 valence electrons. The first kappa shape index (κ1) is 19.8. The Bertz CT molecular complexity index is 801. The maximum atomic E-state index is 12.5. The second-order valence-electron chi connectivity index (χ2n) is 5.58. The van der Waals surface area contributed by atoms with Crippen LogP contribution in [-0.4, -0.2) is 36.8 Å². The molecule has 1 heterocycles. The lowest BCUT2D eigenvalue weighted by molar-refractivity contribution is 0.0694. The summed E-state index contributed by atoms with van der Waals surface area (Å²) in [4.78, 5) is 23.7. The molecule has 26 heavy (non-hydrogen) atoms. The standard InChI is InChI=1S/C18H20ClNO6/c1-4-14-12(18(22)23)8-16(26-14)17(21)20-13-7-11(19)5-6-15(13)25-10(2)9-24-3/h5-8,10H,4,9H2,1-3H3,(H,20,21)(H,22,23). The van der Waals surface area contributed by atoms with E-state index < -0.39 is 11.9 Å². The molecule has 0 spiro atoms. The van der Waals surface area contributed by atoms with Crippen molar-refractivity contribution in [3.8, 4) is 5.75 Å². The van der Waals surface area contributed by atoms with Gasteiger partial charge in [0.1, 0.15) is 23.2 Å². The Hall–Kier alpha value is -2.51. The molecule has 1 aromatic carbocycles. The van der Waals surface area contributed by atoms with Crippen LogP contribution < -0.4 is 10.1 Å². The van der Waals surface area contributed by atoms with Crippen LogP contribution in [-0.2, 0) is 11.2 Å². The van der Waals surface area contributed by atoms with Gasteiger partial charge >= 0.3 is 5.97 Å². The predicted octanol–water partition coefficient (Wildman–Crippen LogP) is 3.86. The van der Waals surface area contributed by atoms with Gasteiger partial charge in [-0.05, 0) is 25.1 Å². The van der Waals surface area contributed by atoms with Gasteiger partial charge in [0.25, 0.3) is 5.91 Å². The lowest BCUT2D eigenvalue weighted by Gasteiger charge is -2.17. The van der Waals surface area contributed by atoms with Crippen molar-refractivity contribution >= 4 is 29.2 Å². The van der Waals surface area contributed by atoms with E-state index in [-0.39, 0.29) is 23.2 Å². The monoisotopic (exact) mass is 381 g/mol. The minimum absolute atomic E-state index is 0.0334. The summed E-state index contributed by atoms with van der Waals surface area (Å²) >= 11 is 6.00. The van der Waals surface area contributed by atoms with E-state index in [0.717, 1.165) is 0 Å². The molecule has 2 N–H and O–H groups in total. The van der Waals surface area contributed by atoms with E-state index in [1.807, 2.05) is 6.92 Å². The number of methoxy groups -OCH3 is 1. The van der Waals surface area contributed by atoms with E-state index >= 15 is 0 Å². The van der Waals surface area contributed by atoms with E-state index in [9.17, 15) is 14.7 Å². The number of benzene rings is 1. The first-order valence-corrected chi connectivity index (χ1v) is 8.36. The Morgan fingerprint density at radius 1 is 1.35 bits per heavy atom. The molecule has 2 aromatic rings. The molecule has 0 fully saturated rings. The molecule has 8 heteroatoms. The number of carboxylic acid groups (broad SMARTS) is 1. The lowest BCUT2D eigenvalue weighted by atomic mass is 10.2. The highest BCUT2D eigenvalue weighted by Gasteiger charge is 2.21. The van der Waals surface area contributed by atoms with Crippen LogP contribution in [0.15, 0.2) is 28.7 Å². The van der Waals surface area contributed by atoms with Gasteiger partial charge in [0, 0.05) is 24.6 Å². The normalized spacial score (nSPS) is 11.8. The van der Waals surface area contributed by atoms with Gasteiger partial charge in [-0.1, -0.05) is 18.5 Å². The zero-order chi connectivity index (χ0) is 19.3. The quantitative estimate of drug-likeness (QED) is 0.720. The highest BCUT2D eigenvalue weighted by atomic mass is 35.5. The number of carboxylic acids is 1. The van der Waals surface area contributed by atoms with Crippen molar-refractivity contribution in [2.75, 3.05) is 19.0 Å². The van der Waals surface area contributed by atoms with Crippen molar-refractivity contribution in [3.05, 3.63) is 46.4 Å². The van der Waals surface area contributed by atoms with Crippen LogP contribution in [0.3, 0.4) is 0 Å². The Balaban J connectivity index is 2.25. The fraction of sp³-hybridized carbons (Fsp3) is 0.333. The number of furan rings is 1. The number of anilines is 1. The molecule has 1 unspecified atom stereocenters. The average Bonchev–Trinajstić information content (AvgIpc) is 3.02. The minimum atomic E-state index is -1.15. The van der Waals surface area contributed by atoms with E-state index in [1.165, 1.54) is 12.1 Å². The summed E-state index contributed by atoms with van der Waals surface area (Å²) < 4.78 is 16.1. The number of ether oxygens (including phenoxy) is 2. The van der Waals surface area contributed by atoms with Crippen molar-refractivity contribution in [1.29, 1.82) is 0 Å². The molecule has 0 saturated heterocycles. The molecule has 1 amide bonds. The van der Waals surface area contributed by atoms with Gasteiger partial charge in [0.2, 0.25) is 0 Å². The molecule has 2 rings (SSSR count). The Labute approximate surface area is 155 Å². The van der Waals surface area contributed by atoms with Crippen LogP contribution in [0.25, 0.3) is 0 Å². The van der Waals surface area contributed by atoms with Gasteiger partial charge in [-0.15, -0.1) is 0 Å². The number of aromatic carboxylic acids is 1. The van der Waals surface area contributed by atoms with Crippen molar-refractivity contribution in [3.63, 3.8) is 0 Å². The molecule has 7 nitrogen and oxygen atoms in total. The summed E-state index contributed by atoms with van der Waals surface area (Å²) in [5.74, 6) is -1.20. The van der Waals surface area contributed by atoms with Crippen LogP contribution in [0, 0.1) is 0 Å². The minimum Gasteiger partial charge on any atom is -0.486 e. The lowest BCUT2D eigenvalue weighted by Crippen LogP contribution is -2.19. The van der Waals surface area contributed by atoms with Crippen LogP contribution in [0.4, 0.5) is 5.69 Å². The van der Waals surface area contributed by atoms with Crippen molar-refractivity contribution in [2.24, 2.45) is 0 Å². The van der Waals surface area contributed by atoms with Gasteiger partial charge in [-0.25, -0.2) is 4.79 Å². The molecule has 0 aliphatic rings. The third-order valence-electron chi connectivity index (χ3n) is 3.50. The molecule has 0 radical (unpaired) electrons. The van der Waals surface area contributed by atoms with E-state index in [2.05, 4.69) is 5.32 Å². The fourth-order valence-corrected chi connectivity index (χ4v) is 2.53. The van der Waals surface area contributed by atoms with E-state index in [0.29, 0.717) is 29.5 Å². The molecule has 0 saturated carbocycles. The van der Waals surface area contributed by atoms with Crippen molar-refractivity contribution in [1.82, 2.24) is 0 Å². The Morgan fingerprint density at radius 3 is 2.65 bits per heavy atom. The van der Waals surface area contributed by atoms with Gasteiger partial charge in [-0.2, -0.15) is 0 Å². The molecule has 1 atom stereocenters. The molecule has 0 aliphatic heterocycles.